The van der Waals surface area contributed by atoms with Gasteiger partial charge in [-0.25, -0.2) is 9.37 Å². The molecule has 1 aromatic carbocycles. The van der Waals surface area contributed by atoms with Gasteiger partial charge in [-0.2, -0.15) is 0 Å². The first-order chi connectivity index (χ1) is 13.5. The van der Waals surface area contributed by atoms with E-state index in [1.54, 1.807) is 18.1 Å². The summed E-state index contributed by atoms with van der Waals surface area (Å²) in [6.45, 7) is 2.07. The van der Waals surface area contributed by atoms with Crippen LogP contribution in [-0.4, -0.2) is 25.7 Å². The first kappa shape index (κ1) is 18.6. The highest BCUT2D eigenvalue weighted by molar-refractivity contribution is 7.99. The maximum atomic E-state index is 13.9. The number of nitrogens with zero attached hydrogens (tertiary/aromatic N) is 4. The molecule has 0 saturated heterocycles. The minimum atomic E-state index is -0.340. The lowest BCUT2D eigenvalue weighted by Gasteiger charge is -2.13. The van der Waals surface area contributed by atoms with Crippen LogP contribution < -0.4 is 5.32 Å². The van der Waals surface area contributed by atoms with Crippen molar-refractivity contribution in [2.24, 2.45) is 7.05 Å². The fraction of sp³-hybridized carbons (Fsp3) is 0.300. The molecule has 1 amide bonds. The van der Waals surface area contributed by atoms with Gasteiger partial charge >= 0.3 is 0 Å². The van der Waals surface area contributed by atoms with Gasteiger partial charge in [0, 0.05) is 23.9 Å². The Hall–Kier alpha value is -2.74. The van der Waals surface area contributed by atoms with E-state index in [0.717, 1.165) is 23.6 Å². The van der Waals surface area contributed by atoms with Crippen molar-refractivity contribution in [3.8, 4) is 0 Å². The van der Waals surface area contributed by atoms with E-state index in [1.165, 1.54) is 12.1 Å². The van der Waals surface area contributed by atoms with Crippen molar-refractivity contribution in [1.82, 2.24) is 19.7 Å². The molecular formula is C20H20FN5OS. The molecule has 2 aromatic heterocycles. The molecule has 6 nitrogen and oxygen atoms in total. The lowest BCUT2D eigenvalue weighted by Crippen LogP contribution is -2.15. The van der Waals surface area contributed by atoms with Gasteiger partial charge < -0.3 is 9.88 Å². The summed E-state index contributed by atoms with van der Waals surface area (Å²) in [5.74, 6) is -0.530. The molecule has 144 valence electrons. The van der Waals surface area contributed by atoms with Gasteiger partial charge in [0.2, 0.25) is 0 Å². The van der Waals surface area contributed by atoms with E-state index in [-0.39, 0.29) is 28.6 Å². The minimum absolute atomic E-state index is 0.130. The van der Waals surface area contributed by atoms with E-state index in [0.29, 0.717) is 11.4 Å². The summed E-state index contributed by atoms with van der Waals surface area (Å²) in [5.41, 5.74) is 2.36. The first-order valence-electron chi connectivity index (χ1n) is 9.09. The molecular weight excluding hydrogens is 377 g/mol. The lowest BCUT2D eigenvalue weighted by molar-refractivity contribution is 0.102. The number of pyridine rings is 1. The Balaban J connectivity index is 1.48. The molecule has 0 radical (unpaired) electrons. The van der Waals surface area contributed by atoms with E-state index in [2.05, 4.69) is 27.4 Å². The smallest absolute Gasteiger partial charge is 0.274 e. The van der Waals surface area contributed by atoms with E-state index in [4.69, 9.17) is 0 Å². The third-order valence-corrected chi connectivity index (χ3v) is 5.84. The summed E-state index contributed by atoms with van der Waals surface area (Å²) < 4.78 is 15.7. The average molecular weight is 397 g/mol. The molecule has 4 rings (SSSR count). The Labute approximate surface area is 166 Å². The van der Waals surface area contributed by atoms with Crippen molar-refractivity contribution in [3.05, 3.63) is 65.5 Å². The number of carbonyl (C=O) groups is 1. The van der Waals surface area contributed by atoms with Crippen molar-refractivity contribution in [2.75, 3.05) is 5.32 Å². The fourth-order valence-corrected chi connectivity index (χ4v) is 3.80. The number of hydrogen-bond acceptors (Lipinski definition) is 5. The summed E-state index contributed by atoms with van der Waals surface area (Å²) in [6.07, 6.45) is 3.52. The number of halogens is 1. The highest BCUT2D eigenvalue weighted by Gasteiger charge is 2.29. The lowest BCUT2D eigenvalue weighted by atomic mass is 10.1. The number of carbonyl (C=O) groups excluding carboxylic acids is 1. The predicted octanol–water partition coefficient (Wildman–Crippen LogP) is 4.33. The molecule has 1 N–H and O–H groups in total. The van der Waals surface area contributed by atoms with Gasteiger partial charge in [0.1, 0.15) is 17.8 Å². The van der Waals surface area contributed by atoms with Gasteiger partial charge in [-0.15, -0.1) is 10.2 Å². The third kappa shape index (κ3) is 4.06. The Morgan fingerprint density at radius 3 is 2.86 bits per heavy atom. The topological polar surface area (TPSA) is 72.7 Å². The second kappa shape index (κ2) is 7.71. The summed E-state index contributed by atoms with van der Waals surface area (Å²) in [4.78, 5) is 16.8. The van der Waals surface area contributed by atoms with E-state index < -0.39 is 0 Å². The van der Waals surface area contributed by atoms with Crippen LogP contribution in [0.1, 0.15) is 52.7 Å². The van der Waals surface area contributed by atoms with Crippen LogP contribution in [0.25, 0.3) is 0 Å². The van der Waals surface area contributed by atoms with E-state index >= 15 is 0 Å². The number of hydrogen-bond donors (Lipinski definition) is 1. The molecule has 1 aliphatic carbocycles. The SMILES string of the molecule is C[C@H](Sc1nncn1C)c1cccc(NC(=O)c2ccc(F)c(C3CC3)n2)c1. The second-order valence-electron chi connectivity index (χ2n) is 6.90. The standard InChI is InChI=1S/C20H20FN5OS/c1-12(28-20-25-22-11-26(20)2)14-4-3-5-15(10-14)23-19(27)17-9-8-16(21)18(24-17)13-6-7-13/h3-5,8-13H,6-7H2,1-2H3,(H,23,27)/t12-/m0/s1. The van der Waals surface area contributed by atoms with Gasteiger partial charge in [0.15, 0.2) is 5.16 Å². The third-order valence-electron chi connectivity index (χ3n) is 4.64. The predicted molar refractivity (Wildman–Crippen MR) is 106 cm³/mol. The number of aromatic nitrogens is 4. The zero-order chi connectivity index (χ0) is 19.7. The Morgan fingerprint density at radius 2 is 2.14 bits per heavy atom. The monoisotopic (exact) mass is 397 g/mol. The summed E-state index contributed by atoms with van der Waals surface area (Å²) >= 11 is 1.59. The number of rotatable bonds is 6. The molecule has 1 aliphatic rings. The Kier molecular flexibility index (Phi) is 5.13. The molecule has 0 bridgehead atoms. The van der Waals surface area contributed by atoms with Crippen LogP contribution in [0.5, 0.6) is 0 Å². The van der Waals surface area contributed by atoms with Crippen molar-refractivity contribution in [2.45, 2.75) is 36.1 Å². The first-order valence-corrected chi connectivity index (χ1v) is 9.97. The Morgan fingerprint density at radius 1 is 1.32 bits per heavy atom. The number of benzene rings is 1. The highest BCUT2D eigenvalue weighted by atomic mass is 32.2. The second-order valence-corrected chi connectivity index (χ2v) is 8.21. The van der Waals surface area contributed by atoms with Crippen molar-refractivity contribution < 1.29 is 9.18 Å². The summed E-state index contributed by atoms with van der Waals surface area (Å²) in [7, 11) is 1.90. The van der Waals surface area contributed by atoms with Crippen LogP contribution in [0.2, 0.25) is 0 Å². The molecule has 2 heterocycles. The number of anilines is 1. The minimum Gasteiger partial charge on any atom is -0.321 e. The number of thioether (sulfide) groups is 1. The average Bonchev–Trinajstić information content (AvgIpc) is 3.45. The van der Waals surface area contributed by atoms with Crippen LogP contribution >= 0.6 is 11.8 Å². The fourth-order valence-electron chi connectivity index (χ4n) is 2.90. The molecule has 8 heteroatoms. The van der Waals surface area contributed by atoms with Crippen molar-refractivity contribution in [1.29, 1.82) is 0 Å². The highest BCUT2D eigenvalue weighted by Crippen LogP contribution is 2.40. The van der Waals surface area contributed by atoms with Gasteiger partial charge in [-0.05, 0) is 49.6 Å². The van der Waals surface area contributed by atoms with E-state index in [1.807, 2.05) is 35.9 Å². The van der Waals surface area contributed by atoms with Crippen LogP contribution in [0.4, 0.5) is 10.1 Å². The Bertz CT molecular complexity index is 1020. The van der Waals surface area contributed by atoms with Crippen LogP contribution in [0, 0.1) is 5.82 Å². The number of aryl methyl sites for hydroxylation is 1. The normalized spacial score (nSPS) is 14.7. The maximum absolute atomic E-state index is 13.9. The van der Waals surface area contributed by atoms with E-state index in [9.17, 15) is 9.18 Å². The molecule has 0 spiro atoms. The van der Waals surface area contributed by atoms with Crippen LogP contribution in [0.3, 0.4) is 0 Å². The van der Waals surface area contributed by atoms with Crippen LogP contribution in [-0.2, 0) is 7.05 Å². The van der Waals surface area contributed by atoms with Gasteiger partial charge in [-0.1, -0.05) is 23.9 Å². The quantitative estimate of drug-likeness (QED) is 0.627. The molecule has 28 heavy (non-hydrogen) atoms. The van der Waals surface area contributed by atoms with Crippen LogP contribution in [0.15, 0.2) is 47.9 Å². The van der Waals surface area contributed by atoms with Gasteiger partial charge in [-0.3, -0.25) is 4.79 Å². The molecule has 1 fully saturated rings. The van der Waals surface area contributed by atoms with Gasteiger partial charge in [0.25, 0.3) is 5.91 Å². The summed E-state index contributed by atoms with van der Waals surface area (Å²) in [5, 5.41) is 11.8. The number of amides is 1. The zero-order valence-corrected chi connectivity index (χ0v) is 16.4. The molecule has 1 atom stereocenters. The molecule has 3 aromatic rings. The number of nitrogens with one attached hydrogen (secondary N) is 1. The van der Waals surface area contributed by atoms with Crippen molar-refractivity contribution in [3.63, 3.8) is 0 Å². The molecule has 0 unspecified atom stereocenters. The molecule has 0 aliphatic heterocycles. The van der Waals surface area contributed by atoms with Gasteiger partial charge in [0.05, 0.1) is 5.69 Å². The maximum Gasteiger partial charge on any atom is 0.274 e. The summed E-state index contributed by atoms with van der Waals surface area (Å²) in [6, 6.07) is 10.4. The molecule has 1 saturated carbocycles. The largest absolute Gasteiger partial charge is 0.321 e. The zero-order valence-electron chi connectivity index (χ0n) is 15.6. The van der Waals surface area contributed by atoms with Crippen molar-refractivity contribution >= 4 is 23.4 Å².